The van der Waals surface area contributed by atoms with E-state index in [1.165, 1.54) is 54.5 Å². The van der Waals surface area contributed by atoms with Crippen molar-refractivity contribution in [3.63, 3.8) is 0 Å². The Hall–Kier alpha value is -2.11. The minimum absolute atomic E-state index is 0.0600. The fourth-order valence-corrected chi connectivity index (χ4v) is 3.92. The van der Waals surface area contributed by atoms with Gasteiger partial charge in [-0.1, -0.05) is 25.8 Å². The second-order valence-electron chi connectivity index (χ2n) is 7.29. The van der Waals surface area contributed by atoms with E-state index in [0.29, 0.717) is 5.92 Å². The number of nitrogens with one attached hydrogen (secondary N) is 2. The minimum atomic E-state index is -0.244. The zero-order valence-electron chi connectivity index (χ0n) is 15.0. The molecule has 6 nitrogen and oxygen atoms in total. The van der Waals surface area contributed by atoms with Gasteiger partial charge in [0.2, 0.25) is 11.8 Å². The molecular weight excluding hydrogens is 316 g/mol. The molecule has 6 heteroatoms. The summed E-state index contributed by atoms with van der Waals surface area (Å²) in [4.78, 5) is 33.4. The van der Waals surface area contributed by atoms with Gasteiger partial charge in [0.15, 0.2) is 0 Å². The highest BCUT2D eigenvalue weighted by Crippen LogP contribution is 2.32. The second-order valence-corrected chi connectivity index (χ2v) is 7.29. The smallest absolute Gasteiger partial charge is 0.246 e. The van der Waals surface area contributed by atoms with Crippen molar-refractivity contribution < 1.29 is 9.59 Å². The van der Waals surface area contributed by atoms with Crippen molar-refractivity contribution in [1.82, 2.24) is 20.2 Å². The van der Waals surface area contributed by atoms with Crippen LogP contribution in [-0.4, -0.2) is 46.3 Å². The Bertz CT molecular complexity index is 646. The number of amides is 2. The molecule has 3 rings (SSSR count). The molecule has 0 bridgehead atoms. The number of aromatic amines is 1. The molecule has 136 valence electrons. The van der Waals surface area contributed by atoms with Crippen LogP contribution in [0.2, 0.25) is 0 Å². The molecule has 25 heavy (non-hydrogen) atoms. The van der Waals surface area contributed by atoms with Gasteiger partial charge in [0.25, 0.3) is 0 Å². The summed E-state index contributed by atoms with van der Waals surface area (Å²) in [7, 11) is 1.61. The lowest BCUT2D eigenvalue weighted by Crippen LogP contribution is -2.44. The van der Waals surface area contributed by atoms with Gasteiger partial charge in [0.05, 0.1) is 12.2 Å². The van der Waals surface area contributed by atoms with E-state index in [1.54, 1.807) is 7.05 Å². The third kappa shape index (κ3) is 4.30. The molecule has 1 unspecified atom stereocenters. The van der Waals surface area contributed by atoms with E-state index in [-0.39, 0.29) is 24.4 Å². The lowest BCUT2D eigenvalue weighted by Gasteiger charge is -2.24. The maximum absolute atomic E-state index is 12.1. The van der Waals surface area contributed by atoms with Crippen LogP contribution in [0.15, 0.2) is 12.7 Å². The number of imidazole rings is 1. The number of carbonyl (C=O) groups is 2. The van der Waals surface area contributed by atoms with E-state index in [2.05, 4.69) is 16.9 Å². The topological polar surface area (TPSA) is 78.1 Å². The molecule has 0 spiro atoms. The molecule has 1 heterocycles. The molecule has 2 aliphatic carbocycles. The van der Waals surface area contributed by atoms with E-state index in [4.69, 9.17) is 4.98 Å². The predicted octanol–water partition coefficient (Wildman–Crippen LogP) is 2.08. The number of nitrogens with zero attached hydrogens (tertiary/aromatic N) is 2. The van der Waals surface area contributed by atoms with Crippen molar-refractivity contribution in [2.75, 3.05) is 13.6 Å². The zero-order chi connectivity index (χ0) is 17.8. The first-order valence-electron chi connectivity index (χ1n) is 9.31. The number of H-pyrrole nitrogens is 1. The van der Waals surface area contributed by atoms with Crippen molar-refractivity contribution in [2.45, 2.75) is 63.3 Å². The molecule has 1 aromatic rings. The highest BCUT2D eigenvalue weighted by atomic mass is 16.2. The fraction of sp³-hybridized carbons (Fsp3) is 0.632. The molecule has 0 aliphatic heterocycles. The number of fused-ring (bicyclic) bond motifs is 1. The average molecular weight is 344 g/mol. The standard InChI is InChI=1S/C19H28N4O2/c1-3-18(25)23(2)12-17(24)20-14-9-10-15-16(11-14)22-19(21-15)13-7-5-4-6-8-13/h3,13-14H,1,4-12H2,2H3,(H,20,24)(H,21,22). The van der Waals surface area contributed by atoms with Crippen LogP contribution in [0.5, 0.6) is 0 Å². The quantitative estimate of drug-likeness (QED) is 0.803. The van der Waals surface area contributed by atoms with Crippen LogP contribution in [0.25, 0.3) is 0 Å². The van der Waals surface area contributed by atoms with Crippen LogP contribution in [0, 0.1) is 0 Å². The van der Waals surface area contributed by atoms with Gasteiger partial charge < -0.3 is 15.2 Å². The highest BCUT2D eigenvalue weighted by Gasteiger charge is 2.26. The summed E-state index contributed by atoms with van der Waals surface area (Å²) in [6.45, 7) is 3.50. The minimum Gasteiger partial charge on any atom is -0.351 e. The number of likely N-dealkylation sites (N-methyl/N-ethyl adjacent to an activating group) is 1. The molecule has 0 aromatic carbocycles. The normalized spacial score (nSPS) is 20.6. The predicted molar refractivity (Wildman–Crippen MR) is 96.2 cm³/mol. The molecule has 1 atom stereocenters. The number of hydrogen-bond acceptors (Lipinski definition) is 3. The second kappa shape index (κ2) is 7.85. The Balaban J connectivity index is 1.56. The van der Waals surface area contributed by atoms with Crippen LogP contribution in [0.3, 0.4) is 0 Å². The largest absolute Gasteiger partial charge is 0.351 e. The summed E-state index contributed by atoms with van der Waals surface area (Å²) in [5, 5.41) is 3.04. The third-order valence-corrected chi connectivity index (χ3v) is 5.35. The van der Waals surface area contributed by atoms with E-state index in [9.17, 15) is 9.59 Å². The molecule has 2 amide bonds. The molecule has 2 N–H and O–H groups in total. The first kappa shape index (κ1) is 17.7. The first-order chi connectivity index (χ1) is 12.1. The van der Waals surface area contributed by atoms with Crippen molar-refractivity contribution in [1.29, 1.82) is 0 Å². The van der Waals surface area contributed by atoms with Crippen LogP contribution in [-0.2, 0) is 22.4 Å². The molecule has 0 saturated heterocycles. The van der Waals surface area contributed by atoms with Crippen LogP contribution < -0.4 is 5.32 Å². The van der Waals surface area contributed by atoms with Gasteiger partial charge in [-0.15, -0.1) is 0 Å². The SMILES string of the molecule is C=CC(=O)N(C)CC(=O)NC1CCc2nc(C3CCCCC3)[nH]c2C1. The number of aromatic nitrogens is 2. The summed E-state index contributed by atoms with van der Waals surface area (Å²) in [6, 6.07) is 0.104. The summed E-state index contributed by atoms with van der Waals surface area (Å²) in [5.41, 5.74) is 2.35. The molecule has 0 radical (unpaired) electrons. The lowest BCUT2D eigenvalue weighted by molar-refractivity contribution is -0.131. The molecule has 1 saturated carbocycles. The first-order valence-corrected chi connectivity index (χ1v) is 9.31. The Labute approximate surface area is 149 Å². The van der Waals surface area contributed by atoms with Crippen LogP contribution >= 0.6 is 0 Å². The van der Waals surface area contributed by atoms with Crippen molar-refractivity contribution in [2.24, 2.45) is 0 Å². The van der Waals surface area contributed by atoms with E-state index < -0.39 is 0 Å². The highest BCUT2D eigenvalue weighted by molar-refractivity contribution is 5.90. The van der Waals surface area contributed by atoms with Gasteiger partial charge in [0.1, 0.15) is 5.82 Å². The molecule has 1 aromatic heterocycles. The van der Waals surface area contributed by atoms with Crippen molar-refractivity contribution in [3.05, 3.63) is 29.9 Å². The Morgan fingerprint density at radius 3 is 2.80 bits per heavy atom. The molecule has 1 fully saturated rings. The molecular formula is C19H28N4O2. The summed E-state index contributed by atoms with van der Waals surface area (Å²) >= 11 is 0. The zero-order valence-corrected chi connectivity index (χ0v) is 15.0. The van der Waals surface area contributed by atoms with Gasteiger partial charge in [0, 0.05) is 31.1 Å². The average Bonchev–Trinajstić information content (AvgIpc) is 3.05. The number of aryl methyl sites for hydroxylation is 1. The van der Waals surface area contributed by atoms with Gasteiger partial charge >= 0.3 is 0 Å². The van der Waals surface area contributed by atoms with Crippen molar-refractivity contribution >= 4 is 11.8 Å². The van der Waals surface area contributed by atoms with Crippen molar-refractivity contribution in [3.8, 4) is 0 Å². The van der Waals surface area contributed by atoms with E-state index in [0.717, 1.165) is 25.1 Å². The van der Waals surface area contributed by atoms with E-state index >= 15 is 0 Å². The van der Waals surface area contributed by atoms with Gasteiger partial charge in [-0.3, -0.25) is 9.59 Å². The summed E-state index contributed by atoms with van der Waals surface area (Å²) in [6.07, 6.45) is 10.2. The van der Waals surface area contributed by atoms with Gasteiger partial charge in [-0.2, -0.15) is 0 Å². The Morgan fingerprint density at radius 1 is 1.32 bits per heavy atom. The maximum Gasteiger partial charge on any atom is 0.246 e. The number of carbonyl (C=O) groups excluding carboxylic acids is 2. The van der Waals surface area contributed by atoms with E-state index in [1.807, 2.05) is 0 Å². The Kier molecular flexibility index (Phi) is 5.56. The summed E-state index contributed by atoms with van der Waals surface area (Å²) < 4.78 is 0. The van der Waals surface area contributed by atoms with Crippen LogP contribution in [0.1, 0.15) is 61.7 Å². The number of hydrogen-bond donors (Lipinski definition) is 2. The van der Waals surface area contributed by atoms with Gasteiger partial charge in [-0.25, -0.2) is 4.98 Å². The maximum atomic E-state index is 12.1. The number of rotatable bonds is 5. The van der Waals surface area contributed by atoms with Gasteiger partial charge in [-0.05, 0) is 31.8 Å². The fourth-order valence-electron chi connectivity index (χ4n) is 3.92. The lowest BCUT2D eigenvalue weighted by atomic mass is 9.89. The Morgan fingerprint density at radius 2 is 2.08 bits per heavy atom. The monoisotopic (exact) mass is 344 g/mol. The summed E-state index contributed by atoms with van der Waals surface area (Å²) in [5.74, 6) is 1.35. The third-order valence-electron chi connectivity index (χ3n) is 5.35. The van der Waals surface area contributed by atoms with Crippen LogP contribution in [0.4, 0.5) is 0 Å². The molecule has 2 aliphatic rings.